The lowest BCUT2D eigenvalue weighted by Crippen LogP contribution is -2.42. The topological polar surface area (TPSA) is 88.4 Å². The summed E-state index contributed by atoms with van der Waals surface area (Å²) in [6, 6.07) is 7.61. The van der Waals surface area contributed by atoms with Crippen LogP contribution in [0.2, 0.25) is 0 Å². The molecule has 5 N–H and O–H groups in total. The van der Waals surface area contributed by atoms with Gasteiger partial charge in [0.05, 0.1) is 23.9 Å². The van der Waals surface area contributed by atoms with Crippen molar-refractivity contribution in [3.05, 3.63) is 47.0 Å². The standard InChI is InChI=1S/C23H27F3N4O2/c1-32-20-7-6-14(11-16(20)23(24,25)26)29-19-12-15(30-18-5-3-2-4-17(18)27)10-13-8-9-28-22(31)21(13)19/h6-7,10-12,17-18,29-30H,2-5,8-9,27H2,1H3,(H,28,31). The molecule has 2 aromatic rings. The van der Waals surface area contributed by atoms with Gasteiger partial charge in [0.1, 0.15) is 5.75 Å². The van der Waals surface area contributed by atoms with Crippen LogP contribution in [0.5, 0.6) is 5.75 Å². The molecule has 1 aliphatic carbocycles. The first kappa shape index (κ1) is 22.3. The molecule has 1 amide bonds. The number of fused-ring (bicyclic) bond motifs is 1. The molecule has 6 nitrogen and oxygen atoms in total. The molecule has 4 rings (SSSR count). The second-order valence-corrected chi connectivity index (χ2v) is 8.30. The zero-order chi connectivity index (χ0) is 22.9. The van der Waals surface area contributed by atoms with Gasteiger partial charge in [-0.25, -0.2) is 0 Å². The maximum Gasteiger partial charge on any atom is 0.420 e. The Morgan fingerprint density at radius 1 is 1.12 bits per heavy atom. The fourth-order valence-electron chi connectivity index (χ4n) is 4.46. The molecule has 0 spiro atoms. The Hall–Kier alpha value is -2.94. The van der Waals surface area contributed by atoms with Crippen molar-refractivity contribution in [2.75, 3.05) is 24.3 Å². The Balaban J connectivity index is 1.70. The molecule has 1 saturated carbocycles. The molecule has 2 aromatic carbocycles. The zero-order valence-corrected chi connectivity index (χ0v) is 17.8. The van der Waals surface area contributed by atoms with Crippen molar-refractivity contribution < 1.29 is 22.7 Å². The molecule has 2 unspecified atom stereocenters. The van der Waals surface area contributed by atoms with Gasteiger partial charge in [0.15, 0.2) is 0 Å². The molecule has 0 aromatic heterocycles. The molecule has 172 valence electrons. The summed E-state index contributed by atoms with van der Waals surface area (Å²) in [5.41, 5.74) is 8.14. The lowest BCUT2D eigenvalue weighted by atomic mass is 9.90. The maximum atomic E-state index is 13.5. The fourth-order valence-corrected chi connectivity index (χ4v) is 4.46. The smallest absolute Gasteiger partial charge is 0.420 e. The highest BCUT2D eigenvalue weighted by Gasteiger charge is 2.35. The van der Waals surface area contributed by atoms with Crippen LogP contribution in [-0.2, 0) is 12.6 Å². The number of hydrogen-bond acceptors (Lipinski definition) is 5. The number of carbonyl (C=O) groups excluding carboxylic acids is 1. The first-order valence-corrected chi connectivity index (χ1v) is 10.8. The average molecular weight is 448 g/mol. The predicted octanol–water partition coefficient (Wildman–Crippen LogP) is 4.43. The van der Waals surface area contributed by atoms with Gasteiger partial charge in [0, 0.05) is 30.0 Å². The lowest BCUT2D eigenvalue weighted by Gasteiger charge is -2.31. The Morgan fingerprint density at radius 3 is 2.62 bits per heavy atom. The van der Waals surface area contributed by atoms with Crippen LogP contribution >= 0.6 is 0 Å². The third-order valence-electron chi connectivity index (χ3n) is 6.08. The zero-order valence-electron chi connectivity index (χ0n) is 17.8. The number of hydrogen-bond donors (Lipinski definition) is 4. The molecule has 0 radical (unpaired) electrons. The lowest BCUT2D eigenvalue weighted by molar-refractivity contribution is -0.138. The highest BCUT2D eigenvalue weighted by Crippen LogP contribution is 2.39. The van der Waals surface area contributed by atoms with E-state index < -0.39 is 11.7 Å². The number of rotatable bonds is 5. The number of halogens is 3. The first-order valence-electron chi connectivity index (χ1n) is 10.8. The predicted molar refractivity (Wildman–Crippen MR) is 118 cm³/mol. The normalized spacial score (nSPS) is 20.8. The maximum absolute atomic E-state index is 13.5. The Morgan fingerprint density at radius 2 is 1.91 bits per heavy atom. The van der Waals surface area contributed by atoms with Gasteiger partial charge in [-0.05, 0) is 55.2 Å². The number of alkyl halides is 3. The van der Waals surface area contributed by atoms with Gasteiger partial charge < -0.3 is 26.4 Å². The number of anilines is 3. The highest BCUT2D eigenvalue weighted by atomic mass is 19.4. The molecule has 1 fully saturated rings. The summed E-state index contributed by atoms with van der Waals surface area (Å²) in [6.45, 7) is 0.512. The number of nitrogens with one attached hydrogen (secondary N) is 3. The van der Waals surface area contributed by atoms with Crippen LogP contribution in [0.15, 0.2) is 30.3 Å². The summed E-state index contributed by atoms with van der Waals surface area (Å²) in [7, 11) is 1.20. The molecule has 9 heteroatoms. The van der Waals surface area contributed by atoms with E-state index in [0.29, 0.717) is 24.2 Å². The van der Waals surface area contributed by atoms with Crippen LogP contribution in [0.3, 0.4) is 0 Å². The van der Waals surface area contributed by atoms with E-state index in [4.69, 9.17) is 10.5 Å². The quantitative estimate of drug-likeness (QED) is 0.544. The summed E-state index contributed by atoms with van der Waals surface area (Å²) in [5, 5.41) is 9.31. The van der Waals surface area contributed by atoms with E-state index in [-0.39, 0.29) is 29.4 Å². The van der Waals surface area contributed by atoms with E-state index in [1.165, 1.54) is 19.2 Å². The molecule has 32 heavy (non-hydrogen) atoms. The number of amides is 1. The van der Waals surface area contributed by atoms with E-state index >= 15 is 0 Å². The van der Waals surface area contributed by atoms with Gasteiger partial charge in [0.25, 0.3) is 5.91 Å². The number of ether oxygens (including phenoxy) is 1. The van der Waals surface area contributed by atoms with E-state index in [9.17, 15) is 18.0 Å². The largest absolute Gasteiger partial charge is 0.496 e. The fraction of sp³-hybridized carbons (Fsp3) is 0.435. The van der Waals surface area contributed by atoms with Crippen molar-refractivity contribution in [3.63, 3.8) is 0 Å². The van der Waals surface area contributed by atoms with Crippen molar-refractivity contribution in [2.45, 2.75) is 50.4 Å². The second kappa shape index (κ2) is 8.90. The van der Waals surface area contributed by atoms with Crippen LogP contribution in [-0.4, -0.2) is 31.6 Å². The van der Waals surface area contributed by atoms with Gasteiger partial charge in [-0.2, -0.15) is 13.2 Å². The first-order chi connectivity index (χ1) is 15.3. The molecule has 1 aliphatic heterocycles. The summed E-state index contributed by atoms with van der Waals surface area (Å²) in [4.78, 5) is 12.6. The Bertz CT molecular complexity index is 1010. The van der Waals surface area contributed by atoms with Gasteiger partial charge in [-0.1, -0.05) is 12.8 Å². The van der Waals surface area contributed by atoms with Crippen molar-refractivity contribution >= 4 is 23.0 Å². The van der Waals surface area contributed by atoms with Gasteiger partial charge in [-0.15, -0.1) is 0 Å². The van der Waals surface area contributed by atoms with Gasteiger partial charge in [0.2, 0.25) is 0 Å². The summed E-state index contributed by atoms with van der Waals surface area (Å²) in [6.07, 6.45) is 0.168. The van der Waals surface area contributed by atoms with Crippen LogP contribution < -0.4 is 26.4 Å². The van der Waals surface area contributed by atoms with Crippen LogP contribution in [0.25, 0.3) is 0 Å². The molecular weight excluding hydrogens is 421 g/mol. The Labute approximate surface area is 184 Å². The van der Waals surface area contributed by atoms with Crippen LogP contribution in [0, 0.1) is 0 Å². The number of carbonyl (C=O) groups is 1. The molecule has 0 saturated heterocycles. The van der Waals surface area contributed by atoms with Crippen molar-refractivity contribution in [2.24, 2.45) is 5.73 Å². The third-order valence-corrected chi connectivity index (χ3v) is 6.08. The average Bonchev–Trinajstić information content (AvgIpc) is 2.75. The van der Waals surface area contributed by atoms with Gasteiger partial charge in [-0.3, -0.25) is 4.79 Å². The number of methoxy groups -OCH3 is 1. The van der Waals surface area contributed by atoms with Crippen LogP contribution in [0.1, 0.15) is 47.2 Å². The van der Waals surface area contributed by atoms with E-state index in [0.717, 1.165) is 43.0 Å². The highest BCUT2D eigenvalue weighted by molar-refractivity contribution is 6.03. The second-order valence-electron chi connectivity index (χ2n) is 8.30. The SMILES string of the molecule is COc1ccc(Nc2cc(NC3CCCCC3N)cc3c2C(=O)NCC3)cc1C(F)(F)F. The summed E-state index contributed by atoms with van der Waals surface area (Å²) in [5.74, 6) is -0.510. The van der Waals surface area contributed by atoms with Crippen molar-refractivity contribution in [3.8, 4) is 5.75 Å². The minimum atomic E-state index is -4.57. The number of nitrogens with two attached hydrogens (primary N) is 1. The molecule has 1 heterocycles. The summed E-state index contributed by atoms with van der Waals surface area (Å²) >= 11 is 0. The Kier molecular flexibility index (Phi) is 6.19. The molecular formula is C23H27F3N4O2. The van der Waals surface area contributed by atoms with E-state index in [1.54, 1.807) is 6.07 Å². The van der Waals surface area contributed by atoms with Crippen LogP contribution in [0.4, 0.5) is 30.2 Å². The summed E-state index contributed by atoms with van der Waals surface area (Å²) < 4.78 is 45.2. The van der Waals surface area contributed by atoms with E-state index in [1.807, 2.05) is 6.07 Å². The molecule has 0 bridgehead atoms. The molecule has 2 atom stereocenters. The minimum Gasteiger partial charge on any atom is -0.496 e. The van der Waals surface area contributed by atoms with Gasteiger partial charge >= 0.3 is 6.18 Å². The third kappa shape index (κ3) is 4.62. The van der Waals surface area contributed by atoms with Crippen molar-refractivity contribution in [1.29, 1.82) is 0 Å². The minimum absolute atomic E-state index is 0.0374. The van der Waals surface area contributed by atoms with Crippen molar-refractivity contribution in [1.82, 2.24) is 5.32 Å². The molecule has 2 aliphatic rings. The van der Waals surface area contributed by atoms with E-state index in [2.05, 4.69) is 16.0 Å². The monoisotopic (exact) mass is 448 g/mol. The number of benzene rings is 2.